The number of para-hydroxylation sites is 3. The summed E-state index contributed by atoms with van der Waals surface area (Å²) in [7, 11) is 0. The van der Waals surface area contributed by atoms with Crippen molar-refractivity contribution in [2.24, 2.45) is 0 Å². The molecule has 3 aliphatic rings. The average Bonchev–Trinajstić information content (AvgIpc) is 4.28. The van der Waals surface area contributed by atoms with Gasteiger partial charge >= 0.3 is 0 Å². The molecule has 9 heteroatoms. The first-order valence-corrected chi connectivity index (χ1v) is 22.2. The van der Waals surface area contributed by atoms with Crippen molar-refractivity contribution in [1.29, 1.82) is 0 Å². The van der Waals surface area contributed by atoms with Crippen molar-refractivity contribution >= 4 is 56.1 Å². The van der Waals surface area contributed by atoms with Crippen molar-refractivity contribution in [3.05, 3.63) is 219 Å². The van der Waals surface area contributed by atoms with Crippen LogP contribution in [0.1, 0.15) is 13.7 Å². The third-order valence-corrected chi connectivity index (χ3v) is 13.1. The normalized spacial score (nSPS) is 14.7. The van der Waals surface area contributed by atoms with Crippen LogP contribution < -0.4 is 39.9 Å². The monoisotopic (exact) mass is 896 g/mol. The number of imidazole rings is 1. The minimum Gasteiger partial charge on any atom is -0.458 e. The van der Waals surface area contributed by atoms with Gasteiger partial charge in [-0.1, -0.05) is 127 Å². The Kier molecular flexibility index (Phi) is 6.20. The Hall–Kier alpha value is -9.34. The van der Waals surface area contributed by atoms with Gasteiger partial charge in [0.15, 0.2) is 0 Å². The summed E-state index contributed by atoms with van der Waals surface area (Å²) in [4.78, 5) is 4.94. The molecule has 3 aromatic heterocycles. The van der Waals surface area contributed by atoms with Gasteiger partial charge in [0.1, 0.15) is 51.6 Å². The molecule has 0 atom stereocenters. The summed E-state index contributed by atoms with van der Waals surface area (Å²) in [6.45, 7) is -0.167. The van der Waals surface area contributed by atoms with Crippen molar-refractivity contribution in [1.82, 2.24) is 14.1 Å². The van der Waals surface area contributed by atoms with Gasteiger partial charge in [-0.2, -0.15) is 0 Å². The van der Waals surface area contributed by atoms with Crippen LogP contribution in [0, 0.1) is 6.33 Å². The molecule has 69 heavy (non-hydrogen) atoms. The van der Waals surface area contributed by atoms with Crippen LogP contribution in [0.25, 0.3) is 72.3 Å². The van der Waals surface area contributed by atoms with Crippen molar-refractivity contribution < 1.29 is 37.2 Å². The lowest BCUT2D eigenvalue weighted by Crippen LogP contribution is -2.59. The van der Waals surface area contributed by atoms with E-state index in [0.29, 0.717) is 45.4 Å². The molecule has 0 spiro atoms. The number of benzene rings is 9. The fourth-order valence-corrected chi connectivity index (χ4v) is 10.3. The van der Waals surface area contributed by atoms with E-state index < -0.39 is 60.4 Å². The van der Waals surface area contributed by atoms with Crippen molar-refractivity contribution in [2.75, 3.05) is 0 Å². The maximum Gasteiger partial charge on any atom is 0.270 e. The second-order valence-electron chi connectivity index (χ2n) is 16.9. The third kappa shape index (κ3) is 5.65. The molecule has 12 aromatic rings. The van der Waals surface area contributed by atoms with E-state index in [-0.39, 0.29) is 34.7 Å². The molecule has 15 rings (SSSR count). The Balaban J connectivity index is 0.860. The molecule has 0 fully saturated rings. The molecular weight excluding hydrogens is 851 g/mol. The van der Waals surface area contributed by atoms with E-state index in [4.69, 9.17) is 37.6 Å². The van der Waals surface area contributed by atoms with Crippen LogP contribution in [0.3, 0.4) is 0 Å². The van der Waals surface area contributed by atoms with Gasteiger partial charge in [0.2, 0.25) is 0 Å². The Morgan fingerprint density at radius 2 is 1.16 bits per heavy atom. The van der Waals surface area contributed by atoms with E-state index in [0.717, 1.165) is 61.4 Å². The van der Waals surface area contributed by atoms with Crippen molar-refractivity contribution in [3.63, 3.8) is 0 Å². The van der Waals surface area contributed by atoms with Crippen molar-refractivity contribution in [3.8, 4) is 85.3 Å². The smallest absolute Gasteiger partial charge is 0.270 e. The molecular formula is C60H35BN4O4. The van der Waals surface area contributed by atoms with Gasteiger partial charge in [-0.25, -0.2) is 4.98 Å². The molecule has 322 valence electrons. The quantitative estimate of drug-likeness (QED) is 0.0906. The molecule has 0 unspecified atom stereocenters. The molecule has 0 saturated heterocycles. The van der Waals surface area contributed by atoms with Gasteiger partial charge in [-0.05, 0) is 89.0 Å². The Morgan fingerprint density at radius 1 is 0.551 bits per heavy atom. The molecule has 0 bridgehead atoms. The van der Waals surface area contributed by atoms with Gasteiger partial charge in [0, 0.05) is 40.1 Å². The largest absolute Gasteiger partial charge is 0.458 e. The minimum absolute atomic E-state index is 0.143. The van der Waals surface area contributed by atoms with Gasteiger partial charge in [0.05, 0.1) is 52.7 Å². The van der Waals surface area contributed by atoms with Crippen LogP contribution in [0.2, 0.25) is 0 Å². The average molecular weight is 897 g/mol. The van der Waals surface area contributed by atoms with E-state index in [2.05, 4.69) is 23.0 Å². The molecule has 0 radical (unpaired) electrons. The number of fused-ring (bicyclic) bond motifs is 5. The predicted octanol–water partition coefficient (Wildman–Crippen LogP) is 12.2. The number of hydrogen-bond donors (Lipinski definition) is 0. The lowest BCUT2D eigenvalue weighted by atomic mass is 9.34. The molecule has 9 aromatic carbocycles. The highest BCUT2D eigenvalue weighted by atomic mass is 16.5. The summed E-state index contributed by atoms with van der Waals surface area (Å²) in [6, 6.07) is 39.7. The van der Waals surface area contributed by atoms with Crippen LogP contribution >= 0.6 is 0 Å². The molecule has 3 aliphatic heterocycles. The summed E-state index contributed by atoms with van der Waals surface area (Å²) in [6.07, 6.45) is 5.21. The number of hydrogen-bond acceptors (Lipinski definition) is 5. The highest BCUT2D eigenvalue weighted by molar-refractivity contribution is 6.99. The zero-order valence-electron chi connectivity index (χ0n) is 45.9. The van der Waals surface area contributed by atoms with E-state index in [1.54, 1.807) is 33.5 Å². The maximum atomic E-state index is 9.05. The van der Waals surface area contributed by atoms with Gasteiger partial charge < -0.3 is 18.9 Å². The van der Waals surface area contributed by atoms with Crippen LogP contribution in [0.5, 0.6) is 46.0 Å². The number of aromatic nitrogens is 4. The number of ether oxygens (including phenoxy) is 4. The predicted molar refractivity (Wildman–Crippen MR) is 271 cm³/mol. The van der Waals surface area contributed by atoms with Gasteiger partial charge in [-0.3, -0.25) is 13.7 Å². The van der Waals surface area contributed by atoms with Crippen LogP contribution in [-0.2, 0) is 0 Å². The molecule has 6 heterocycles. The highest BCUT2D eigenvalue weighted by Crippen LogP contribution is 2.47. The van der Waals surface area contributed by atoms with E-state index in [9.17, 15) is 0 Å². The van der Waals surface area contributed by atoms with Crippen LogP contribution in [0.15, 0.2) is 212 Å². The zero-order valence-corrected chi connectivity index (χ0v) is 35.9. The summed E-state index contributed by atoms with van der Waals surface area (Å²) in [5.41, 5.74) is 7.10. The Labute approximate surface area is 410 Å². The lowest BCUT2D eigenvalue weighted by Gasteiger charge is -2.37. The summed E-state index contributed by atoms with van der Waals surface area (Å²) >= 11 is 0. The highest BCUT2D eigenvalue weighted by Gasteiger charge is 2.47. The zero-order chi connectivity index (χ0) is 53.9. The summed E-state index contributed by atoms with van der Waals surface area (Å²) in [5, 5.41) is 1.78. The Morgan fingerprint density at radius 3 is 1.87 bits per heavy atom. The first-order chi connectivity index (χ1) is 38.4. The van der Waals surface area contributed by atoms with E-state index >= 15 is 0 Å². The van der Waals surface area contributed by atoms with Crippen LogP contribution in [0.4, 0.5) is 0 Å². The van der Waals surface area contributed by atoms with E-state index in [1.165, 1.54) is 0 Å². The molecule has 0 amide bonds. The third-order valence-electron chi connectivity index (χ3n) is 13.1. The first kappa shape index (κ1) is 29.3. The first-order valence-electron chi connectivity index (χ1n) is 27.2. The fourth-order valence-electron chi connectivity index (χ4n) is 10.3. The molecule has 0 N–H and O–H groups in total. The van der Waals surface area contributed by atoms with Crippen LogP contribution in [-0.4, -0.2) is 20.8 Å². The van der Waals surface area contributed by atoms with Crippen molar-refractivity contribution in [2.45, 2.75) is 0 Å². The second kappa shape index (κ2) is 14.6. The fraction of sp³-hybridized carbons (Fsp3) is 0. The molecule has 0 aliphatic carbocycles. The standard InChI is InChI=1S/C60H35BN4O4/c1-3-15-37(16-4-1)43-23-11-24-44(38-17-5-2-6-18-38)58(43)64-36-63(46-26-7-8-27-47(46)64)39-19-9-21-41(33-39)66-42-22-10-20-40(34-42)65-48-35-53-57-59(54(48)45-25-14-32-62-60(45)65)69-52-31-13-29-50-56(52)61(57)55-49(67-50)28-12-30-51(55)68-53/h1-35H/i1D,2D,3D,4D,5D,6D,15D,16D,17D,18D. The lowest BCUT2D eigenvalue weighted by molar-refractivity contribution is -0.571. The summed E-state index contributed by atoms with van der Waals surface area (Å²) in [5.74, 6) is 5.30. The SMILES string of the molecule is [2H]c1c([2H])c([2H])c(-c2cccc(-c3c([2H])c([2H])c([2H])c([2H])c3[2H])c2-[n+]2[c-]n(-c3cccc(Oc4cccc(-n5c6cc7c8c(c6c6cccnc65)Oc5cccc6c5B8c5c(cccc5O7)O6)c4)c3)c3ccccc32)c([2H])c1[2H]. The Bertz CT molecular complexity index is 4570. The second-order valence-corrected chi connectivity index (χ2v) is 16.9. The number of nitrogens with zero attached hydrogens (tertiary/aromatic N) is 4. The van der Waals surface area contributed by atoms with Gasteiger partial charge in [-0.15, -0.1) is 0 Å². The number of rotatable bonds is 7. The van der Waals surface area contributed by atoms with E-state index in [1.807, 2.05) is 115 Å². The molecule has 8 nitrogen and oxygen atoms in total. The van der Waals surface area contributed by atoms with Gasteiger partial charge in [0.25, 0.3) is 13.0 Å². The summed E-state index contributed by atoms with van der Waals surface area (Å²) < 4.78 is 120. The molecule has 0 saturated carbocycles. The topological polar surface area (TPSA) is 63.6 Å². The number of pyridine rings is 1. The minimum atomic E-state index is -0.576. The maximum absolute atomic E-state index is 9.05.